The molecule has 2 heterocycles. The summed E-state index contributed by atoms with van der Waals surface area (Å²) < 4.78 is 1.09. The maximum atomic E-state index is 11.1. The van der Waals surface area contributed by atoms with Crippen molar-refractivity contribution in [3.63, 3.8) is 0 Å². The van der Waals surface area contributed by atoms with Crippen LogP contribution >= 0.6 is 27.3 Å². The molecule has 17 heavy (non-hydrogen) atoms. The largest absolute Gasteiger partial charge is 0.385 e. The number of ketones is 1. The first-order valence-electron chi connectivity index (χ1n) is 5.11. The van der Waals surface area contributed by atoms with E-state index >= 15 is 0 Å². The third kappa shape index (κ3) is 3.24. The SMILES string of the molecule is O=CC(=O)C1CNC(=Cc2ccc(Br)s2)CN1. The van der Waals surface area contributed by atoms with Gasteiger partial charge in [0.2, 0.25) is 5.78 Å². The van der Waals surface area contributed by atoms with E-state index in [1.165, 1.54) is 0 Å². The third-order valence-electron chi connectivity index (χ3n) is 2.44. The minimum absolute atomic E-state index is 0.366. The van der Waals surface area contributed by atoms with Gasteiger partial charge in [0.15, 0.2) is 6.29 Å². The Hall–Kier alpha value is -0.980. The van der Waals surface area contributed by atoms with E-state index in [1.54, 1.807) is 11.3 Å². The van der Waals surface area contributed by atoms with Crippen molar-refractivity contribution in [2.24, 2.45) is 0 Å². The average molecular weight is 315 g/mol. The van der Waals surface area contributed by atoms with E-state index in [0.717, 1.165) is 14.4 Å². The van der Waals surface area contributed by atoms with Crippen LogP contribution in [0, 0.1) is 0 Å². The van der Waals surface area contributed by atoms with Crippen molar-refractivity contribution in [3.8, 4) is 0 Å². The van der Waals surface area contributed by atoms with E-state index in [2.05, 4.69) is 26.6 Å². The molecule has 4 nitrogen and oxygen atoms in total. The van der Waals surface area contributed by atoms with Crippen LogP contribution in [0.5, 0.6) is 0 Å². The highest BCUT2D eigenvalue weighted by Crippen LogP contribution is 2.23. The van der Waals surface area contributed by atoms with E-state index in [-0.39, 0.29) is 0 Å². The van der Waals surface area contributed by atoms with Gasteiger partial charge in [0.25, 0.3) is 0 Å². The molecule has 1 saturated heterocycles. The number of halogens is 1. The number of carbonyl (C=O) groups excluding carboxylic acids is 2. The highest BCUT2D eigenvalue weighted by Gasteiger charge is 2.21. The average Bonchev–Trinajstić information content (AvgIpc) is 2.75. The predicted octanol–water partition coefficient (Wildman–Crippen LogP) is 1.18. The zero-order chi connectivity index (χ0) is 12.3. The normalized spacial score (nSPS) is 22.2. The van der Waals surface area contributed by atoms with Crippen LogP contribution in [0.2, 0.25) is 0 Å². The number of Topliss-reactive ketones (excluding diaryl/α,β-unsaturated/α-hetero) is 1. The standard InChI is InChI=1S/C11H11BrN2O2S/c12-11-2-1-8(17-11)3-7-4-14-9(5-13-7)10(16)6-15/h1-3,6,9,13-14H,4-5H2. The zero-order valence-corrected chi connectivity index (χ0v) is 11.3. The molecular formula is C11H11BrN2O2S. The zero-order valence-electron chi connectivity index (χ0n) is 8.90. The number of aldehydes is 1. The Bertz CT molecular complexity index is 460. The number of thiophene rings is 1. The first-order valence-corrected chi connectivity index (χ1v) is 6.72. The molecule has 1 aliphatic heterocycles. The molecule has 1 aromatic heterocycles. The van der Waals surface area contributed by atoms with Gasteiger partial charge in [0, 0.05) is 23.7 Å². The predicted molar refractivity (Wildman–Crippen MR) is 70.9 cm³/mol. The fourth-order valence-electron chi connectivity index (χ4n) is 1.56. The molecule has 0 saturated carbocycles. The van der Waals surface area contributed by atoms with E-state index in [4.69, 9.17) is 0 Å². The summed E-state index contributed by atoms with van der Waals surface area (Å²) in [6, 6.07) is 3.61. The summed E-state index contributed by atoms with van der Waals surface area (Å²) >= 11 is 5.05. The molecule has 6 heteroatoms. The quantitative estimate of drug-likeness (QED) is 0.650. The van der Waals surface area contributed by atoms with Gasteiger partial charge in [0.1, 0.15) is 0 Å². The van der Waals surface area contributed by atoms with Crippen LogP contribution < -0.4 is 10.6 Å². The van der Waals surface area contributed by atoms with Gasteiger partial charge in [-0.3, -0.25) is 9.59 Å². The molecule has 2 rings (SSSR count). The van der Waals surface area contributed by atoms with Gasteiger partial charge in [-0.1, -0.05) is 0 Å². The Morgan fingerprint density at radius 1 is 1.53 bits per heavy atom. The van der Waals surface area contributed by atoms with Gasteiger partial charge in [-0.2, -0.15) is 0 Å². The van der Waals surface area contributed by atoms with Crippen molar-refractivity contribution in [3.05, 3.63) is 26.5 Å². The summed E-state index contributed by atoms with van der Waals surface area (Å²) in [7, 11) is 0. The Kier molecular flexibility index (Phi) is 4.09. The molecule has 0 spiro atoms. The van der Waals surface area contributed by atoms with Crippen LogP contribution in [-0.4, -0.2) is 31.2 Å². The molecule has 1 fully saturated rings. The molecular weight excluding hydrogens is 304 g/mol. The molecule has 1 aromatic rings. The monoisotopic (exact) mass is 314 g/mol. The molecule has 0 aliphatic carbocycles. The van der Waals surface area contributed by atoms with Gasteiger partial charge in [-0.15, -0.1) is 11.3 Å². The lowest BCUT2D eigenvalue weighted by Crippen LogP contribution is -2.51. The Labute approximate surface area is 111 Å². The summed E-state index contributed by atoms with van der Waals surface area (Å²) in [4.78, 5) is 22.6. The lowest BCUT2D eigenvalue weighted by atomic mass is 10.1. The number of rotatable bonds is 3. The highest BCUT2D eigenvalue weighted by atomic mass is 79.9. The third-order valence-corrected chi connectivity index (χ3v) is 4.01. The molecule has 0 bridgehead atoms. The second kappa shape index (κ2) is 5.57. The lowest BCUT2D eigenvalue weighted by Gasteiger charge is -2.24. The molecule has 0 amide bonds. The fraction of sp³-hybridized carbons (Fsp3) is 0.273. The van der Waals surface area contributed by atoms with Crippen molar-refractivity contribution in [1.29, 1.82) is 0 Å². The summed E-state index contributed by atoms with van der Waals surface area (Å²) in [6.45, 7) is 1.02. The summed E-state index contributed by atoms with van der Waals surface area (Å²) in [5, 5.41) is 6.18. The van der Waals surface area contributed by atoms with Crippen molar-refractivity contribution in [2.75, 3.05) is 13.1 Å². The molecule has 1 aliphatic rings. The van der Waals surface area contributed by atoms with Crippen molar-refractivity contribution < 1.29 is 9.59 Å². The Morgan fingerprint density at radius 2 is 2.35 bits per heavy atom. The van der Waals surface area contributed by atoms with E-state index < -0.39 is 11.8 Å². The van der Waals surface area contributed by atoms with E-state index in [0.29, 0.717) is 19.4 Å². The minimum Gasteiger partial charge on any atom is -0.385 e. The lowest BCUT2D eigenvalue weighted by molar-refractivity contribution is -0.131. The second-order valence-corrected chi connectivity index (χ2v) is 6.14. The smallest absolute Gasteiger partial charge is 0.213 e. The van der Waals surface area contributed by atoms with Crippen molar-refractivity contribution in [1.82, 2.24) is 10.6 Å². The molecule has 1 unspecified atom stereocenters. The van der Waals surface area contributed by atoms with Gasteiger partial charge >= 0.3 is 0 Å². The molecule has 0 radical (unpaired) electrons. The first-order chi connectivity index (χ1) is 8.19. The number of nitrogens with one attached hydrogen (secondary N) is 2. The highest BCUT2D eigenvalue weighted by molar-refractivity contribution is 9.11. The summed E-state index contributed by atoms with van der Waals surface area (Å²) in [5.74, 6) is -0.407. The minimum atomic E-state index is -0.407. The Balaban J connectivity index is 1.97. The fourth-order valence-corrected chi connectivity index (χ4v) is 2.96. The van der Waals surface area contributed by atoms with Gasteiger partial charge in [0.05, 0.1) is 9.83 Å². The van der Waals surface area contributed by atoms with Gasteiger partial charge < -0.3 is 10.6 Å². The second-order valence-electron chi connectivity index (χ2n) is 3.65. The van der Waals surface area contributed by atoms with Crippen LogP contribution in [-0.2, 0) is 9.59 Å². The molecule has 90 valence electrons. The number of carbonyl (C=O) groups is 2. The van der Waals surface area contributed by atoms with Crippen LogP contribution in [0.3, 0.4) is 0 Å². The van der Waals surface area contributed by atoms with Crippen LogP contribution in [0.25, 0.3) is 6.08 Å². The molecule has 2 N–H and O–H groups in total. The number of hydrogen-bond acceptors (Lipinski definition) is 5. The van der Waals surface area contributed by atoms with Crippen LogP contribution in [0.1, 0.15) is 4.88 Å². The molecule has 0 aromatic carbocycles. The van der Waals surface area contributed by atoms with E-state index in [1.807, 2.05) is 18.2 Å². The van der Waals surface area contributed by atoms with Crippen LogP contribution in [0.15, 0.2) is 21.6 Å². The summed E-state index contributed by atoms with van der Waals surface area (Å²) in [5.41, 5.74) is 1.02. The topological polar surface area (TPSA) is 58.2 Å². The summed E-state index contributed by atoms with van der Waals surface area (Å²) in [6.07, 6.45) is 2.40. The maximum Gasteiger partial charge on any atom is 0.213 e. The number of hydrogen-bond donors (Lipinski definition) is 2. The molecule has 1 atom stereocenters. The van der Waals surface area contributed by atoms with Crippen molar-refractivity contribution in [2.45, 2.75) is 6.04 Å². The number of piperazine rings is 1. The van der Waals surface area contributed by atoms with Gasteiger partial charge in [-0.25, -0.2) is 0 Å². The Morgan fingerprint density at radius 3 is 2.88 bits per heavy atom. The van der Waals surface area contributed by atoms with E-state index in [9.17, 15) is 9.59 Å². The van der Waals surface area contributed by atoms with Crippen molar-refractivity contribution >= 4 is 45.4 Å². The maximum absolute atomic E-state index is 11.1. The van der Waals surface area contributed by atoms with Crippen LogP contribution in [0.4, 0.5) is 0 Å². The van der Waals surface area contributed by atoms with Gasteiger partial charge in [-0.05, 0) is 34.1 Å². The first kappa shape index (κ1) is 12.5.